The number of carbonyl (C=O) groups excluding carboxylic acids is 2. The number of rotatable bonds is 12. The van der Waals surface area contributed by atoms with Crippen LogP contribution in [-0.4, -0.2) is 49.9 Å². The largest absolute Gasteiger partial charge is 0.490 e. The minimum Gasteiger partial charge on any atom is -0.490 e. The highest BCUT2D eigenvalue weighted by Gasteiger charge is 2.49. The van der Waals surface area contributed by atoms with Crippen LogP contribution in [0.3, 0.4) is 0 Å². The van der Waals surface area contributed by atoms with Crippen LogP contribution in [0.2, 0.25) is 0 Å². The van der Waals surface area contributed by atoms with Gasteiger partial charge in [-0.2, -0.15) is 0 Å². The van der Waals surface area contributed by atoms with Crippen LogP contribution in [0.4, 0.5) is 0 Å². The van der Waals surface area contributed by atoms with Crippen molar-refractivity contribution in [1.82, 2.24) is 4.90 Å². The fraction of sp³-hybridized carbons (Fsp3) is 0.600. The Labute approximate surface area is 246 Å². The summed E-state index contributed by atoms with van der Waals surface area (Å²) in [5.74, 6) is 1.24. The molecule has 3 aliphatic rings. The zero-order valence-corrected chi connectivity index (χ0v) is 26.3. The third-order valence-corrected chi connectivity index (χ3v) is 8.35. The summed E-state index contributed by atoms with van der Waals surface area (Å²) in [6, 6.07) is 4.14. The molecule has 224 valence electrons. The second kappa shape index (κ2) is 12.6. The summed E-state index contributed by atoms with van der Waals surface area (Å²) in [6.07, 6.45) is 6.67. The molecule has 0 radical (unpaired) electrons. The Morgan fingerprint density at radius 2 is 1.54 bits per heavy atom. The van der Waals surface area contributed by atoms with Gasteiger partial charge in [0.25, 0.3) is 0 Å². The molecule has 1 aromatic carbocycles. The quantitative estimate of drug-likeness (QED) is 0.196. The van der Waals surface area contributed by atoms with E-state index in [4.69, 9.17) is 14.2 Å². The van der Waals surface area contributed by atoms with Gasteiger partial charge in [-0.1, -0.05) is 46.8 Å². The van der Waals surface area contributed by atoms with Crippen LogP contribution in [0.5, 0.6) is 11.5 Å². The Hall–Kier alpha value is -2.86. The average Bonchev–Trinajstić information content (AvgIpc) is 2.87. The smallest absolute Gasteiger partial charge is 0.164 e. The summed E-state index contributed by atoms with van der Waals surface area (Å²) >= 11 is 0. The first-order chi connectivity index (χ1) is 19.5. The van der Waals surface area contributed by atoms with Gasteiger partial charge in [-0.05, 0) is 61.5 Å². The summed E-state index contributed by atoms with van der Waals surface area (Å²) < 4.78 is 17.7. The fourth-order valence-electron chi connectivity index (χ4n) is 6.81. The predicted molar refractivity (Wildman–Crippen MR) is 163 cm³/mol. The zero-order valence-electron chi connectivity index (χ0n) is 26.3. The van der Waals surface area contributed by atoms with E-state index in [0.29, 0.717) is 44.8 Å². The van der Waals surface area contributed by atoms with E-state index in [9.17, 15) is 9.59 Å². The molecule has 0 unspecified atom stereocenters. The number of methoxy groups -OCH3 is 1. The van der Waals surface area contributed by atoms with Gasteiger partial charge in [-0.25, -0.2) is 0 Å². The molecule has 0 aromatic heterocycles. The third kappa shape index (κ3) is 6.48. The van der Waals surface area contributed by atoms with Crippen molar-refractivity contribution in [3.63, 3.8) is 0 Å². The molecule has 0 spiro atoms. The van der Waals surface area contributed by atoms with Crippen molar-refractivity contribution in [3.8, 4) is 11.5 Å². The highest BCUT2D eigenvalue weighted by Crippen LogP contribution is 2.55. The maximum absolute atomic E-state index is 14.1. The van der Waals surface area contributed by atoms with E-state index in [1.165, 1.54) is 0 Å². The van der Waals surface area contributed by atoms with Crippen molar-refractivity contribution >= 4 is 11.6 Å². The Kier molecular flexibility index (Phi) is 9.52. The Morgan fingerprint density at radius 3 is 2.05 bits per heavy atom. The molecule has 0 saturated carbocycles. The monoisotopic (exact) mass is 563 g/mol. The summed E-state index contributed by atoms with van der Waals surface area (Å²) in [6.45, 7) is 19.1. The molecule has 0 N–H and O–H groups in total. The zero-order chi connectivity index (χ0) is 29.9. The van der Waals surface area contributed by atoms with Gasteiger partial charge in [0.2, 0.25) is 0 Å². The van der Waals surface area contributed by atoms with Crippen molar-refractivity contribution in [3.05, 3.63) is 58.5 Å². The normalized spacial score (nSPS) is 20.2. The van der Waals surface area contributed by atoms with Gasteiger partial charge < -0.3 is 19.1 Å². The van der Waals surface area contributed by atoms with Gasteiger partial charge in [0.1, 0.15) is 0 Å². The van der Waals surface area contributed by atoms with E-state index in [0.717, 1.165) is 71.6 Å². The molecule has 6 nitrogen and oxygen atoms in total. The van der Waals surface area contributed by atoms with Gasteiger partial charge in [0.05, 0.1) is 13.2 Å². The van der Waals surface area contributed by atoms with E-state index in [2.05, 4.69) is 52.2 Å². The highest BCUT2D eigenvalue weighted by atomic mass is 16.5. The number of ketones is 2. The molecule has 6 heteroatoms. The SMILES string of the molecule is C=CCc1cc(C2C3=C(CC(C)(C)CC3=O)N(CCCOC)C3=C2C(=O)CC(C)(C)C3)cc(OCC)c1OCCC. The molecular formula is C35H49NO5. The maximum atomic E-state index is 14.1. The molecule has 0 saturated heterocycles. The number of allylic oxidation sites excluding steroid dienone is 5. The number of Topliss-reactive ketones (excluding diaryl/α,β-unsaturated/α-hetero) is 2. The Balaban J connectivity index is 2.00. The lowest BCUT2D eigenvalue weighted by Crippen LogP contribution is -2.44. The molecule has 2 aliphatic carbocycles. The Morgan fingerprint density at radius 1 is 0.927 bits per heavy atom. The third-order valence-electron chi connectivity index (χ3n) is 8.35. The first kappa shape index (κ1) is 31.1. The number of benzene rings is 1. The summed E-state index contributed by atoms with van der Waals surface area (Å²) in [5, 5.41) is 0. The van der Waals surface area contributed by atoms with Crippen molar-refractivity contribution in [1.29, 1.82) is 0 Å². The van der Waals surface area contributed by atoms with Crippen LogP contribution >= 0.6 is 0 Å². The van der Waals surface area contributed by atoms with E-state index in [1.807, 2.05) is 19.1 Å². The number of hydrogen-bond donors (Lipinski definition) is 0. The van der Waals surface area contributed by atoms with Crippen LogP contribution in [-0.2, 0) is 20.7 Å². The van der Waals surface area contributed by atoms with Gasteiger partial charge in [-0.15, -0.1) is 6.58 Å². The molecule has 1 aromatic rings. The number of ether oxygens (including phenoxy) is 3. The fourth-order valence-corrected chi connectivity index (χ4v) is 6.81. The van der Waals surface area contributed by atoms with Crippen LogP contribution < -0.4 is 9.47 Å². The lowest BCUT2D eigenvalue weighted by molar-refractivity contribution is -0.119. The molecule has 0 atom stereocenters. The van der Waals surface area contributed by atoms with Crippen LogP contribution in [0, 0.1) is 10.8 Å². The summed E-state index contributed by atoms with van der Waals surface area (Å²) in [5.41, 5.74) is 5.28. The van der Waals surface area contributed by atoms with Crippen LogP contribution in [0.1, 0.15) is 97.1 Å². The molecule has 0 bridgehead atoms. The second-order valence-electron chi connectivity index (χ2n) is 13.3. The predicted octanol–water partition coefficient (Wildman–Crippen LogP) is 7.32. The lowest BCUT2D eigenvalue weighted by Gasteiger charge is -2.49. The van der Waals surface area contributed by atoms with Crippen molar-refractivity contribution in [2.24, 2.45) is 10.8 Å². The number of carbonyl (C=O) groups is 2. The molecule has 0 amide bonds. The molecule has 1 heterocycles. The molecular weight excluding hydrogens is 514 g/mol. The van der Waals surface area contributed by atoms with E-state index in [-0.39, 0.29) is 22.4 Å². The second-order valence-corrected chi connectivity index (χ2v) is 13.3. The van der Waals surface area contributed by atoms with Crippen LogP contribution in [0.15, 0.2) is 47.3 Å². The molecule has 0 fully saturated rings. The Bertz CT molecular complexity index is 1200. The van der Waals surface area contributed by atoms with Crippen molar-refractivity contribution in [2.45, 2.75) is 92.4 Å². The van der Waals surface area contributed by atoms with E-state index < -0.39 is 5.92 Å². The average molecular weight is 564 g/mol. The molecule has 41 heavy (non-hydrogen) atoms. The van der Waals surface area contributed by atoms with Gasteiger partial charge >= 0.3 is 0 Å². The van der Waals surface area contributed by atoms with E-state index >= 15 is 0 Å². The van der Waals surface area contributed by atoms with E-state index in [1.54, 1.807) is 7.11 Å². The minimum atomic E-state index is -0.422. The van der Waals surface area contributed by atoms with Gasteiger partial charge in [-0.3, -0.25) is 9.59 Å². The highest BCUT2D eigenvalue weighted by molar-refractivity contribution is 6.06. The summed E-state index contributed by atoms with van der Waals surface area (Å²) in [7, 11) is 1.72. The first-order valence-electron chi connectivity index (χ1n) is 15.3. The molecule has 1 aliphatic heterocycles. The van der Waals surface area contributed by atoms with Gasteiger partial charge in [0, 0.05) is 67.1 Å². The number of hydrogen-bond acceptors (Lipinski definition) is 6. The van der Waals surface area contributed by atoms with Crippen molar-refractivity contribution < 1.29 is 23.8 Å². The summed E-state index contributed by atoms with van der Waals surface area (Å²) in [4.78, 5) is 30.6. The van der Waals surface area contributed by atoms with Crippen molar-refractivity contribution in [2.75, 3.05) is 33.5 Å². The molecule has 4 rings (SSSR count). The lowest BCUT2D eigenvalue weighted by atomic mass is 9.63. The maximum Gasteiger partial charge on any atom is 0.164 e. The van der Waals surface area contributed by atoms with Gasteiger partial charge in [0.15, 0.2) is 23.1 Å². The van der Waals surface area contributed by atoms with Crippen LogP contribution in [0.25, 0.3) is 0 Å². The first-order valence-corrected chi connectivity index (χ1v) is 15.3. The standard InChI is InChI=1S/C35H49NO5/c1-9-13-23-17-24(18-29(40-11-3)33(23)41-15-10-2)30-31-25(19-34(4,5)21-27(31)37)36(14-12-16-39-8)26-20-35(6,7)22-28(38)32(26)30/h9,17-18,30H,1,10-16,19-22H2,2-8H3. The minimum absolute atomic E-state index is 0.136. The topological polar surface area (TPSA) is 65.1 Å². The number of nitrogens with zero attached hydrogens (tertiary/aromatic N) is 1.